The zero-order valence-electron chi connectivity index (χ0n) is 17.8. The van der Waals surface area contributed by atoms with Crippen molar-refractivity contribution in [1.29, 1.82) is 0 Å². The summed E-state index contributed by atoms with van der Waals surface area (Å²) in [6.07, 6.45) is -0.0983. The van der Waals surface area contributed by atoms with Crippen LogP contribution in [0.3, 0.4) is 0 Å². The third kappa shape index (κ3) is 3.95. The topological polar surface area (TPSA) is 87.0 Å². The molecule has 1 aliphatic heterocycles. The highest BCUT2D eigenvalue weighted by molar-refractivity contribution is 5.80. The first-order chi connectivity index (χ1) is 14.9. The van der Waals surface area contributed by atoms with Gasteiger partial charge in [0.25, 0.3) is 5.56 Å². The number of fused-ring (bicyclic) bond motifs is 2. The number of pyridine rings is 1. The highest BCUT2D eigenvalue weighted by Crippen LogP contribution is 2.43. The van der Waals surface area contributed by atoms with E-state index in [1.807, 2.05) is 38.1 Å². The van der Waals surface area contributed by atoms with Crippen LogP contribution in [0.25, 0.3) is 10.9 Å². The lowest BCUT2D eigenvalue weighted by Gasteiger charge is -2.21. The van der Waals surface area contributed by atoms with Crippen molar-refractivity contribution in [2.24, 2.45) is 5.92 Å². The van der Waals surface area contributed by atoms with E-state index in [9.17, 15) is 14.7 Å². The number of phenolic OH excluding ortho intramolecular Hbond substituents is 1. The Balaban J connectivity index is 1.95. The third-order valence-electron chi connectivity index (χ3n) is 5.45. The molecule has 162 valence electrons. The Morgan fingerprint density at radius 1 is 1.13 bits per heavy atom. The number of nitrogens with zero attached hydrogens (tertiary/aromatic N) is 1. The van der Waals surface area contributed by atoms with Crippen LogP contribution in [0.5, 0.6) is 17.2 Å². The van der Waals surface area contributed by atoms with E-state index in [0.29, 0.717) is 29.2 Å². The molecule has 0 fully saturated rings. The molecule has 4 rings (SSSR count). The van der Waals surface area contributed by atoms with Crippen molar-refractivity contribution < 1.29 is 24.1 Å². The lowest BCUT2D eigenvalue weighted by atomic mass is 9.87. The van der Waals surface area contributed by atoms with Gasteiger partial charge in [0.15, 0.2) is 11.5 Å². The van der Waals surface area contributed by atoms with Crippen LogP contribution in [0.2, 0.25) is 0 Å². The van der Waals surface area contributed by atoms with E-state index < -0.39 is 11.9 Å². The molecule has 0 aliphatic carbocycles. The molecule has 2 heterocycles. The molecular formula is C24H25NO6. The van der Waals surface area contributed by atoms with Crippen LogP contribution >= 0.6 is 0 Å². The number of ether oxygens (including phenoxy) is 3. The maximum atomic E-state index is 13.6. The smallest absolute Gasteiger partial charge is 0.306 e. The van der Waals surface area contributed by atoms with Gasteiger partial charge in [-0.15, -0.1) is 0 Å². The first-order valence-corrected chi connectivity index (χ1v) is 10.2. The number of benzene rings is 2. The molecule has 1 unspecified atom stereocenters. The molecule has 0 bridgehead atoms. The van der Waals surface area contributed by atoms with Gasteiger partial charge in [-0.3, -0.25) is 9.59 Å². The number of carbonyl (C=O) groups excluding carboxylic acids is 1. The molecule has 0 amide bonds. The zero-order valence-corrected chi connectivity index (χ0v) is 17.8. The van der Waals surface area contributed by atoms with E-state index in [1.54, 1.807) is 16.7 Å². The van der Waals surface area contributed by atoms with Crippen molar-refractivity contribution >= 4 is 16.9 Å². The van der Waals surface area contributed by atoms with E-state index in [1.165, 1.54) is 13.2 Å². The van der Waals surface area contributed by atoms with Crippen LogP contribution in [-0.2, 0) is 16.1 Å². The molecule has 0 saturated carbocycles. The number of hydrogen-bond acceptors (Lipinski definition) is 6. The number of esters is 1. The molecule has 1 aromatic heterocycles. The summed E-state index contributed by atoms with van der Waals surface area (Å²) < 4.78 is 17.4. The van der Waals surface area contributed by atoms with Crippen molar-refractivity contribution in [2.75, 3.05) is 13.9 Å². The number of methoxy groups -OCH3 is 1. The maximum Gasteiger partial charge on any atom is 0.306 e. The molecule has 31 heavy (non-hydrogen) atoms. The van der Waals surface area contributed by atoms with Crippen LogP contribution in [-0.4, -0.2) is 29.5 Å². The largest absolute Gasteiger partial charge is 0.508 e. The molecule has 1 N–H and O–H groups in total. The summed E-state index contributed by atoms with van der Waals surface area (Å²) in [4.78, 5) is 25.9. The summed E-state index contributed by atoms with van der Waals surface area (Å²) in [7, 11) is 1.30. The third-order valence-corrected chi connectivity index (χ3v) is 5.45. The lowest BCUT2D eigenvalue weighted by molar-refractivity contribution is -0.140. The van der Waals surface area contributed by atoms with Gasteiger partial charge in [0, 0.05) is 29.7 Å². The molecule has 1 aliphatic rings. The quantitative estimate of drug-likeness (QED) is 0.607. The van der Waals surface area contributed by atoms with Crippen molar-refractivity contribution in [2.45, 2.75) is 32.7 Å². The number of aromatic hydroxyl groups is 1. The normalized spacial score (nSPS) is 13.5. The fraction of sp³-hybridized carbons (Fsp3) is 0.333. The first-order valence-electron chi connectivity index (χ1n) is 10.2. The van der Waals surface area contributed by atoms with Gasteiger partial charge in [0.05, 0.1) is 19.0 Å². The molecule has 0 radical (unpaired) electrons. The van der Waals surface area contributed by atoms with Gasteiger partial charge in [-0.05, 0) is 29.5 Å². The van der Waals surface area contributed by atoms with Gasteiger partial charge in [0.1, 0.15) is 5.75 Å². The number of rotatable bonds is 6. The van der Waals surface area contributed by atoms with Gasteiger partial charge in [-0.1, -0.05) is 32.0 Å². The second-order valence-electron chi connectivity index (χ2n) is 8.07. The van der Waals surface area contributed by atoms with E-state index in [4.69, 9.17) is 14.2 Å². The molecule has 0 spiro atoms. The fourth-order valence-electron chi connectivity index (χ4n) is 4.01. The zero-order chi connectivity index (χ0) is 22.1. The van der Waals surface area contributed by atoms with Crippen LogP contribution in [0.4, 0.5) is 0 Å². The Hall–Kier alpha value is -3.48. The second kappa shape index (κ2) is 8.34. The van der Waals surface area contributed by atoms with Crippen molar-refractivity contribution in [3.8, 4) is 17.2 Å². The van der Waals surface area contributed by atoms with E-state index in [0.717, 1.165) is 10.9 Å². The first kappa shape index (κ1) is 20.8. The van der Waals surface area contributed by atoms with Crippen LogP contribution in [0, 0.1) is 5.92 Å². The average molecular weight is 423 g/mol. The predicted molar refractivity (Wildman–Crippen MR) is 116 cm³/mol. The molecule has 3 aromatic rings. The Labute approximate surface area is 179 Å². The Bertz CT molecular complexity index is 1200. The highest BCUT2D eigenvalue weighted by Gasteiger charge is 2.28. The Morgan fingerprint density at radius 3 is 2.55 bits per heavy atom. The van der Waals surface area contributed by atoms with Crippen molar-refractivity contribution in [3.63, 3.8) is 0 Å². The van der Waals surface area contributed by atoms with Crippen LogP contribution in [0.1, 0.15) is 37.3 Å². The van der Waals surface area contributed by atoms with E-state index >= 15 is 0 Å². The summed E-state index contributed by atoms with van der Waals surface area (Å²) >= 11 is 0. The molecule has 1 atom stereocenters. The number of hydrogen-bond donors (Lipinski definition) is 1. The summed E-state index contributed by atoms with van der Waals surface area (Å²) in [5, 5.41) is 11.6. The summed E-state index contributed by atoms with van der Waals surface area (Å²) in [6.45, 7) is 4.68. The number of carbonyl (C=O) groups is 1. The average Bonchev–Trinajstić information content (AvgIpc) is 3.20. The summed E-state index contributed by atoms with van der Waals surface area (Å²) in [6, 6.07) is 12.5. The highest BCUT2D eigenvalue weighted by atomic mass is 16.7. The lowest BCUT2D eigenvalue weighted by Crippen LogP contribution is -2.28. The minimum absolute atomic E-state index is 0.0526. The number of aromatic nitrogens is 1. The van der Waals surface area contributed by atoms with Gasteiger partial charge in [0.2, 0.25) is 6.79 Å². The molecule has 7 nitrogen and oxygen atoms in total. The monoisotopic (exact) mass is 423 g/mol. The fourth-order valence-corrected chi connectivity index (χ4v) is 4.01. The predicted octanol–water partition coefficient (Wildman–Crippen LogP) is 3.79. The molecule has 7 heteroatoms. The minimum Gasteiger partial charge on any atom is -0.508 e. The Kier molecular flexibility index (Phi) is 5.59. The molecule has 0 saturated heterocycles. The van der Waals surface area contributed by atoms with Gasteiger partial charge >= 0.3 is 5.97 Å². The molecule has 2 aromatic carbocycles. The standard InChI is InChI=1S/C24H25NO6/c1-14(2)12-25-19-7-5-4-6-15(19)8-18(24(25)28)16(10-23(27)29-3)17-9-21-22(11-20(17)26)31-13-30-21/h4-9,11,14,16,26H,10,12-13H2,1-3H3. The number of para-hydroxylation sites is 1. The van der Waals surface area contributed by atoms with Crippen molar-refractivity contribution in [1.82, 2.24) is 4.57 Å². The van der Waals surface area contributed by atoms with E-state index in [2.05, 4.69) is 0 Å². The maximum absolute atomic E-state index is 13.6. The van der Waals surface area contributed by atoms with Crippen LogP contribution < -0.4 is 15.0 Å². The van der Waals surface area contributed by atoms with E-state index in [-0.39, 0.29) is 30.4 Å². The second-order valence-corrected chi connectivity index (χ2v) is 8.07. The Morgan fingerprint density at radius 2 is 1.84 bits per heavy atom. The SMILES string of the molecule is COC(=O)CC(c1cc2c(cc1O)OCO2)c1cc2ccccc2n(CC(C)C)c1=O. The van der Waals surface area contributed by atoms with Gasteiger partial charge < -0.3 is 23.9 Å². The summed E-state index contributed by atoms with van der Waals surface area (Å²) in [5.41, 5.74) is 1.46. The molecular weight excluding hydrogens is 398 g/mol. The minimum atomic E-state index is -0.711. The van der Waals surface area contributed by atoms with Crippen LogP contribution in [0.15, 0.2) is 47.3 Å². The number of phenols is 1. The van der Waals surface area contributed by atoms with Gasteiger partial charge in [-0.2, -0.15) is 0 Å². The van der Waals surface area contributed by atoms with Crippen molar-refractivity contribution in [3.05, 3.63) is 63.9 Å². The summed E-state index contributed by atoms with van der Waals surface area (Å²) in [5.74, 6) is -0.127. The van der Waals surface area contributed by atoms with Gasteiger partial charge in [-0.25, -0.2) is 0 Å².